The lowest BCUT2D eigenvalue weighted by molar-refractivity contribution is 0.414. The number of aliphatic hydroxyl groups is 1. The Morgan fingerprint density at radius 1 is 1.08 bits per heavy atom. The maximum Gasteiger partial charge on any atom is 0.0891 e. The highest BCUT2D eigenvalue weighted by Crippen LogP contribution is 1.99. The lowest BCUT2D eigenvalue weighted by Crippen LogP contribution is -1.70. The van der Waals surface area contributed by atoms with Crippen molar-refractivity contribution in [3.63, 3.8) is 0 Å². The second kappa shape index (κ2) is 5.42. The zero-order valence-corrected chi connectivity index (χ0v) is 7.96. The van der Waals surface area contributed by atoms with Gasteiger partial charge in [0.2, 0.25) is 0 Å². The minimum atomic E-state index is 0.318. The molecule has 0 spiro atoms. The van der Waals surface area contributed by atoms with Gasteiger partial charge in [-0.2, -0.15) is 0 Å². The third-order valence-electron chi connectivity index (χ3n) is 1.22. The van der Waals surface area contributed by atoms with E-state index in [0.29, 0.717) is 5.76 Å². The van der Waals surface area contributed by atoms with Crippen LogP contribution in [0, 0.1) is 0 Å². The number of aliphatic hydroxyl groups excluding tert-OH is 1. The van der Waals surface area contributed by atoms with Crippen molar-refractivity contribution >= 4 is 0 Å². The van der Waals surface area contributed by atoms with Crippen molar-refractivity contribution in [1.29, 1.82) is 0 Å². The van der Waals surface area contributed by atoms with Crippen molar-refractivity contribution in [3.8, 4) is 0 Å². The van der Waals surface area contributed by atoms with E-state index in [4.69, 9.17) is 5.11 Å². The standard InChI is InChI=1S/C11H16O/c1-9(2)5-6-10(3)7-8-11(4)12/h5-8,12H,1H2,2-4H3/b6-5+,10-7-,11-8+. The van der Waals surface area contributed by atoms with Gasteiger partial charge in [0.15, 0.2) is 0 Å². The van der Waals surface area contributed by atoms with Crippen LogP contribution in [0.5, 0.6) is 0 Å². The summed E-state index contributed by atoms with van der Waals surface area (Å²) in [5.74, 6) is 0.318. The van der Waals surface area contributed by atoms with Crippen LogP contribution < -0.4 is 0 Å². The summed E-state index contributed by atoms with van der Waals surface area (Å²) >= 11 is 0. The van der Waals surface area contributed by atoms with Gasteiger partial charge in [-0.1, -0.05) is 36.0 Å². The lowest BCUT2D eigenvalue weighted by atomic mass is 10.2. The maximum atomic E-state index is 8.85. The predicted molar refractivity (Wildman–Crippen MR) is 54.1 cm³/mol. The Balaban J connectivity index is 4.21. The van der Waals surface area contributed by atoms with E-state index in [0.717, 1.165) is 11.1 Å². The molecule has 0 saturated carbocycles. The smallest absolute Gasteiger partial charge is 0.0891 e. The molecule has 0 atom stereocenters. The molecule has 12 heavy (non-hydrogen) atoms. The second-order valence-electron chi connectivity index (χ2n) is 2.90. The van der Waals surface area contributed by atoms with Crippen LogP contribution >= 0.6 is 0 Å². The molecule has 0 unspecified atom stereocenters. The van der Waals surface area contributed by atoms with Crippen LogP contribution in [-0.2, 0) is 0 Å². The Labute approximate surface area is 74.4 Å². The summed E-state index contributed by atoms with van der Waals surface area (Å²) in [7, 11) is 0. The first-order valence-corrected chi connectivity index (χ1v) is 3.90. The molecule has 0 heterocycles. The van der Waals surface area contributed by atoms with Crippen LogP contribution in [0.4, 0.5) is 0 Å². The molecule has 0 aromatic carbocycles. The minimum absolute atomic E-state index is 0.318. The minimum Gasteiger partial charge on any atom is -0.513 e. The van der Waals surface area contributed by atoms with Gasteiger partial charge in [0, 0.05) is 0 Å². The molecular formula is C11H16O. The van der Waals surface area contributed by atoms with E-state index in [1.807, 2.05) is 32.1 Å². The van der Waals surface area contributed by atoms with Gasteiger partial charge < -0.3 is 5.11 Å². The molecule has 0 rings (SSSR count). The van der Waals surface area contributed by atoms with Crippen molar-refractivity contribution < 1.29 is 5.11 Å². The zero-order valence-electron chi connectivity index (χ0n) is 7.96. The van der Waals surface area contributed by atoms with Gasteiger partial charge in [0.25, 0.3) is 0 Å². The highest BCUT2D eigenvalue weighted by atomic mass is 16.3. The monoisotopic (exact) mass is 164 g/mol. The van der Waals surface area contributed by atoms with Gasteiger partial charge >= 0.3 is 0 Å². The highest BCUT2D eigenvalue weighted by molar-refractivity contribution is 5.26. The van der Waals surface area contributed by atoms with Gasteiger partial charge in [0.1, 0.15) is 0 Å². The molecule has 0 saturated heterocycles. The Morgan fingerprint density at radius 2 is 1.67 bits per heavy atom. The van der Waals surface area contributed by atoms with E-state index in [2.05, 4.69) is 6.58 Å². The quantitative estimate of drug-likeness (QED) is 0.499. The predicted octanol–water partition coefficient (Wildman–Crippen LogP) is 3.53. The summed E-state index contributed by atoms with van der Waals surface area (Å²) in [6, 6.07) is 0. The molecule has 0 aromatic rings. The first-order valence-electron chi connectivity index (χ1n) is 3.90. The van der Waals surface area contributed by atoms with Crippen molar-refractivity contribution in [3.05, 3.63) is 47.8 Å². The number of hydrogen-bond acceptors (Lipinski definition) is 1. The Hall–Kier alpha value is -1.24. The van der Waals surface area contributed by atoms with Gasteiger partial charge in [-0.3, -0.25) is 0 Å². The van der Waals surface area contributed by atoms with E-state index in [-0.39, 0.29) is 0 Å². The molecule has 0 fully saturated rings. The Bertz CT molecular complexity index is 238. The van der Waals surface area contributed by atoms with Crippen LogP contribution in [0.2, 0.25) is 0 Å². The third-order valence-corrected chi connectivity index (χ3v) is 1.22. The molecule has 0 radical (unpaired) electrons. The highest BCUT2D eigenvalue weighted by Gasteiger charge is 1.80. The average molecular weight is 164 g/mol. The molecule has 1 nitrogen and oxygen atoms in total. The lowest BCUT2D eigenvalue weighted by Gasteiger charge is -1.89. The van der Waals surface area contributed by atoms with Gasteiger partial charge in [-0.25, -0.2) is 0 Å². The van der Waals surface area contributed by atoms with Crippen LogP contribution in [0.15, 0.2) is 47.8 Å². The summed E-state index contributed by atoms with van der Waals surface area (Å²) in [6.45, 7) is 9.30. The molecule has 0 amide bonds. The maximum absolute atomic E-state index is 8.85. The van der Waals surface area contributed by atoms with Crippen LogP contribution in [-0.4, -0.2) is 5.11 Å². The molecule has 1 heteroatoms. The van der Waals surface area contributed by atoms with Crippen molar-refractivity contribution in [2.75, 3.05) is 0 Å². The molecule has 0 aliphatic carbocycles. The molecule has 0 aliphatic rings. The largest absolute Gasteiger partial charge is 0.513 e. The zero-order chi connectivity index (χ0) is 9.56. The number of allylic oxidation sites excluding steroid dienone is 7. The second-order valence-corrected chi connectivity index (χ2v) is 2.90. The Kier molecular flexibility index (Phi) is 4.86. The van der Waals surface area contributed by atoms with Crippen LogP contribution in [0.3, 0.4) is 0 Å². The average Bonchev–Trinajstić information content (AvgIpc) is 1.96. The van der Waals surface area contributed by atoms with Crippen molar-refractivity contribution in [1.82, 2.24) is 0 Å². The topological polar surface area (TPSA) is 20.2 Å². The molecule has 0 aliphatic heterocycles. The van der Waals surface area contributed by atoms with Crippen LogP contribution in [0.25, 0.3) is 0 Å². The van der Waals surface area contributed by atoms with Gasteiger partial charge in [-0.05, 0) is 26.8 Å². The van der Waals surface area contributed by atoms with Gasteiger partial charge in [0.05, 0.1) is 5.76 Å². The fraction of sp³-hybridized carbons (Fsp3) is 0.273. The normalized spacial score (nSPS) is 13.9. The van der Waals surface area contributed by atoms with Gasteiger partial charge in [-0.15, -0.1) is 0 Å². The first-order chi connectivity index (χ1) is 5.52. The molecule has 0 aromatic heterocycles. The summed E-state index contributed by atoms with van der Waals surface area (Å²) in [4.78, 5) is 0. The number of rotatable bonds is 3. The Morgan fingerprint density at radius 3 is 2.08 bits per heavy atom. The fourth-order valence-electron chi connectivity index (χ4n) is 0.581. The van der Waals surface area contributed by atoms with Crippen LogP contribution in [0.1, 0.15) is 20.8 Å². The fourth-order valence-corrected chi connectivity index (χ4v) is 0.581. The molecule has 0 bridgehead atoms. The van der Waals surface area contributed by atoms with Crippen molar-refractivity contribution in [2.24, 2.45) is 0 Å². The SMILES string of the molecule is C=C(C)/C=C/C(C)=C\C=C(/C)O. The van der Waals surface area contributed by atoms with Crippen molar-refractivity contribution in [2.45, 2.75) is 20.8 Å². The summed E-state index contributed by atoms with van der Waals surface area (Å²) in [6.07, 6.45) is 7.42. The van der Waals surface area contributed by atoms with E-state index in [1.165, 1.54) is 0 Å². The number of hydrogen-bond donors (Lipinski definition) is 1. The van der Waals surface area contributed by atoms with E-state index >= 15 is 0 Å². The summed E-state index contributed by atoms with van der Waals surface area (Å²) in [5, 5.41) is 8.85. The summed E-state index contributed by atoms with van der Waals surface area (Å²) in [5.41, 5.74) is 2.11. The van der Waals surface area contributed by atoms with E-state index < -0.39 is 0 Å². The van der Waals surface area contributed by atoms with E-state index in [9.17, 15) is 0 Å². The molecule has 66 valence electrons. The summed E-state index contributed by atoms with van der Waals surface area (Å²) < 4.78 is 0. The molecule has 1 N–H and O–H groups in total. The van der Waals surface area contributed by atoms with E-state index in [1.54, 1.807) is 13.0 Å². The first kappa shape index (κ1) is 10.8. The molecular weight excluding hydrogens is 148 g/mol. The third kappa shape index (κ3) is 6.87.